The third kappa shape index (κ3) is 4.49. The minimum absolute atomic E-state index is 0.0148. The predicted molar refractivity (Wildman–Crippen MR) is 114 cm³/mol. The normalized spacial score (nSPS) is 15.5. The summed E-state index contributed by atoms with van der Waals surface area (Å²) in [6.07, 6.45) is -4.53. The van der Waals surface area contributed by atoms with Crippen molar-refractivity contribution in [3.63, 3.8) is 0 Å². The average molecular weight is 450 g/mol. The van der Waals surface area contributed by atoms with E-state index >= 15 is 0 Å². The van der Waals surface area contributed by atoms with Gasteiger partial charge in [0.25, 0.3) is 5.91 Å². The van der Waals surface area contributed by atoms with Gasteiger partial charge in [0, 0.05) is 50.8 Å². The molecule has 1 N–H and O–H groups in total. The quantitative estimate of drug-likeness (QED) is 0.658. The van der Waals surface area contributed by atoms with Gasteiger partial charge in [-0.15, -0.1) is 11.3 Å². The number of hydrogen-bond donors (Lipinski definition) is 1. The fraction of sp³-hybridized carbons (Fsp3) is 0.381. The lowest BCUT2D eigenvalue weighted by molar-refractivity contribution is -0.136. The van der Waals surface area contributed by atoms with Crippen LogP contribution >= 0.6 is 11.3 Å². The predicted octanol–water partition coefficient (Wildman–Crippen LogP) is 3.70. The number of nitrogens with one attached hydrogen (secondary N) is 1. The Hall–Kier alpha value is -2.72. The van der Waals surface area contributed by atoms with Crippen molar-refractivity contribution in [2.45, 2.75) is 19.6 Å². The van der Waals surface area contributed by atoms with Crippen LogP contribution in [0.3, 0.4) is 0 Å². The first-order valence-corrected chi connectivity index (χ1v) is 10.8. The van der Waals surface area contributed by atoms with Gasteiger partial charge in [-0.3, -0.25) is 14.7 Å². The Kier molecular flexibility index (Phi) is 5.85. The molecule has 0 aliphatic carbocycles. The average Bonchev–Trinajstić information content (AvgIpc) is 3.16. The molecule has 0 spiro atoms. The molecule has 1 saturated heterocycles. The lowest BCUT2D eigenvalue weighted by atomic mass is 10.1. The van der Waals surface area contributed by atoms with Gasteiger partial charge in [0.1, 0.15) is 5.82 Å². The summed E-state index contributed by atoms with van der Waals surface area (Å²) in [6, 6.07) is 6.99. The molecule has 31 heavy (non-hydrogen) atoms. The molecule has 0 atom stereocenters. The van der Waals surface area contributed by atoms with Crippen LogP contribution in [0.2, 0.25) is 0 Å². The standard InChI is InChI=1S/C21H22F3N5OS/c1-13-4-3-5-14(26-13)11-28-6-8-29(9-7-28)17-10-16(21(22,23)24)19-18(27-17)15(12-31-19)20(30)25-2/h3-5,10,12H,6-9,11H2,1-2H3,(H,25,30). The van der Waals surface area contributed by atoms with Gasteiger partial charge in [-0.2, -0.15) is 13.2 Å². The van der Waals surface area contributed by atoms with Crippen LogP contribution in [-0.2, 0) is 12.7 Å². The Balaban J connectivity index is 1.59. The van der Waals surface area contributed by atoms with Crippen LogP contribution < -0.4 is 10.2 Å². The van der Waals surface area contributed by atoms with Crippen LogP contribution in [0, 0.1) is 6.92 Å². The number of alkyl halides is 3. The molecule has 10 heteroatoms. The second kappa shape index (κ2) is 8.43. The lowest BCUT2D eigenvalue weighted by Gasteiger charge is -2.35. The topological polar surface area (TPSA) is 61.4 Å². The fourth-order valence-corrected chi connectivity index (χ4v) is 4.74. The monoisotopic (exact) mass is 449 g/mol. The Bertz CT molecular complexity index is 1110. The molecule has 0 aromatic carbocycles. The molecular formula is C21H22F3N5OS. The minimum atomic E-state index is -4.53. The van der Waals surface area contributed by atoms with Gasteiger partial charge in [-0.25, -0.2) is 4.98 Å². The fourth-order valence-electron chi connectivity index (χ4n) is 3.72. The molecule has 0 radical (unpaired) electrons. The van der Waals surface area contributed by atoms with Crippen molar-refractivity contribution in [1.82, 2.24) is 20.2 Å². The third-order valence-corrected chi connectivity index (χ3v) is 6.32. The molecule has 1 amide bonds. The van der Waals surface area contributed by atoms with Gasteiger partial charge in [0.05, 0.1) is 27.0 Å². The summed E-state index contributed by atoms with van der Waals surface area (Å²) in [7, 11) is 1.45. The van der Waals surface area contributed by atoms with Crippen molar-refractivity contribution in [3.05, 3.63) is 52.2 Å². The van der Waals surface area contributed by atoms with Gasteiger partial charge in [0.15, 0.2) is 0 Å². The summed E-state index contributed by atoms with van der Waals surface area (Å²) in [5, 5.41) is 3.90. The van der Waals surface area contributed by atoms with E-state index in [2.05, 4.69) is 20.2 Å². The van der Waals surface area contributed by atoms with Crippen molar-refractivity contribution in [3.8, 4) is 0 Å². The number of thiophene rings is 1. The molecule has 4 rings (SSSR count). The highest BCUT2D eigenvalue weighted by molar-refractivity contribution is 7.17. The van der Waals surface area contributed by atoms with E-state index < -0.39 is 17.6 Å². The molecule has 3 aromatic rings. The van der Waals surface area contributed by atoms with E-state index in [1.54, 1.807) is 0 Å². The number of amides is 1. The SMILES string of the molecule is CNC(=O)c1csc2c(C(F)(F)F)cc(N3CCN(Cc4cccc(C)n4)CC3)nc12. The first-order chi connectivity index (χ1) is 14.8. The van der Waals surface area contributed by atoms with Crippen LogP contribution in [0.25, 0.3) is 10.2 Å². The van der Waals surface area contributed by atoms with Crippen molar-refractivity contribution in [2.75, 3.05) is 38.1 Å². The zero-order valence-electron chi connectivity index (χ0n) is 17.2. The summed E-state index contributed by atoms with van der Waals surface area (Å²) in [5.74, 6) is -0.198. The number of fused-ring (bicyclic) bond motifs is 1. The van der Waals surface area contributed by atoms with Crippen LogP contribution in [-0.4, -0.2) is 54.0 Å². The number of carbonyl (C=O) groups is 1. The van der Waals surface area contributed by atoms with E-state index in [4.69, 9.17) is 0 Å². The number of piperazine rings is 1. The molecule has 1 fully saturated rings. The molecule has 0 saturated carbocycles. The number of aromatic nitrogens is 2. The second-order valence-electron chi connectivity index (χ2n) is 7.47. The number of carbonyl (C=O) groups excluding carboxylic acids is 1. The number of nitrogens with zero attached hydrogens (tertiary/aromatic N) is 4. The molecule has 3 aromatic heterocycles. The van der Waals surface area contributed by atoms with Crippen LogP contribution in [0.15, 0.2) is 29.6 Å². The highest BCUT2D eigenvalue weighted by atomic mass is 32.1. The zero-order chi connectivity index (χ0) is 22.2. The smallest absolute Gasteiger partial charge is 0.355 e. The molecular weight excluding hydrogens is 427 g/mol. The maximum absolute atomic E-state index is 13.7. The highest BCUT2D eigenvalue weighted by Crippen LogP contribution is 2.40. The van der Waals surface area contributed by atoms with Crippen LogP contribution in [0.1, 0.15) is 27.3 Å². The van der Waals surface area contributed by atoms with E-state index in [1.807, 2.05) is 30.0 Å². The summed E-state index contributed by atoms with van der Waals surface area (Å²) in [5.41, 5.74) is 1.44. The highest BCUT2D eigenvalue weighted by Gasteiger charge is 2.36. The molecule has 4 heterocycles. The third-order valence-electron chi connectivity index (χ3n) is 5.31. The number of rotatable bonds is 4. The van der Waals surface area contributed by atoms with Crippen molar-refractivity contribution in [1.29, 1.82) is 0 Å². The second-order valence-corrected chi connectivity index (χ2v) is 8.35. The van der Waals surface area contributed by atoms with Crippen molar-refractivity contribution < 1.29 is 18.0 Å². The van der Waals surface area contributed by atoms with Gasteiger partial charge in [-0.1, -0.05) is 6.07 Å². The zero-order valence-corrected chi connectivity index (χ0v) is 18.0. The number of aryl methyl sites for hydroxylation is 1. The number of anilines is 1. The van der Waals surface area contributed by atoms with Crippen molar-refractivity contribution >= 4 is 33.3 Å². The van der Waals surface area contributed by atoms with Crippen LogP contribution in [0.4, 0.5) is 19.0 Å². The number of pyridine rings is 2. The lowest BCUT2D eigenvalue weighted by Crippen LogP contribution is -2.46. The summed E-state index contributed by atoms with van der Waals surface area (Å²) >= 11 is 0.892. The Morgan fingerprint density at radius 2 is 1.94 bits per heavy atom. The van der Waals surface area contributed by atoms with Gasteiger partial charge >= 0.3 is 6.18 Å². The molecule has 1 aliphatic rings. The maximum Gasteiger partial charge on any atom is 0.417 e. The Labute approximate surface area is 181 Å². The van der Waals surface area contributed by atoms with E-state index in [0.717, 1.165) is 28.8 Å². The maximum atomic E-state index is 13.7. The van der Waals surface area contributed by atoms with E-state index in [9.17, 15) is 18.0 Å². The molecule has 164 valence electrons. The van der Waals surface area contributed by atoms with Crippen molar-refractivity contribution in [2.24, 2.45) is 0 Å². The molecule has 1 aliphatic heterocycles. The Morgan fingerprint density at radius 1 is 1.19 bits per heavy atom. The minimum Gasteiger partial charge on any atom is -0.355 e. The largest absolute Gasteiger partial charge is 0.417 e. The van der Waals surface area contributed by atoms with E-state index in [-0.39, 0.29) is 21.6 Å². The van der Waals surface area contributed by atoms with Gasteiger partial charge < -0.3 is 10.2 Å². The summed E-state index contributed by atoms with van der Waals surface area (Å²) in [4.78, 5) is 25.2. The van der Waals surface area contributed by atoms with Gasteiger partial charge in [0.2, 0.25) is 0 Å². The van der Waals surface area contributed by atoms with E-state index in [1.165, 1.54) is 12.4 Å². The first kappa shape index (κ1) is 21.5. The molecule has 0 bridgehead atoms. The summed E-state index contributed by atoms with van der Waals surface area (Å²) in [6.45, 7) is 5.09. The van der Waals surface area contributed by atoms with Gasteiger partial charge in [-0.05, 0) is 25.1 Å². The van der Waals surface area contributed by atoms with Crippen LogP contribution in [0.5, 0.6) is 0 Å². The Morgan fingerprint density at radius 3 is 2.58 bits per heavy atom. The number of halogens is 3. The first-order valence-electron chi connectivity index (χ1n) is 9.87. The van der Waals surface area contributed by atoms with E-state index in [0.29, 0.717) is 32.7 Å². The summed E-state index contributed by atoms with van der Waals surface area (Å²) < 4.78 is 41.2. The number of hydrogen-bond acceptors (Lipinski definition) is 6. The molecule has 0 unspecified atom stereocenters. The molecule has 6 nitrogen and oxygen atoms in total.